The van der Waals surface area contributed by atoms with Gasteiger partial charge >= 0.3 is 0 Å². The Bertz CT molecular complexity index is 713. The number of carbonyl (C=O) groups is 1. The lowest BCUT2D eigenvalue weighted by molar-refractivity contribution is -0.126. The van der Waals surface area contributed by atoms with Gasteiger partial charge in [-0.3, -0.25) is 4.79 Å². The Morgan fingerprint density at radius 1 is 1.22 bits per heavy atom. The monoisotopic (exact) mass is 329 g/mol. The number of carbonyl (C=O) groups excluding carboxylic acids is 1. The molecule has 3 rings (SSSR count). The predicted octanol–water partition coefficient (Wildman–Crippen LogP) is 3.36. The van der Waals surface area contributed by atoms with Gasteiger partial charge in [-0.05, 0) is 47.2 Å². The molecule has 0 saturated heterocycles. The lowest BCUT2D eigenvalue weighted by Gasteiger charge is -2.25. The molecule has 0 fully saturated rings. The summed E-state index contributed by atoms with van der Waals surface area (Å²) >= 11 is 1.77. The zero-order chi connectivity index (χ0) is 16.2. The molecule has 5 heteroatoms. The fourth-order valence-corrected chi connectivity index (χ4v) is 3.52. The Labute approximate surface area is 140 Å². The van der Waals surface area contributed by atoms with Crippen LogP contribution >= 0.6 is 11.3 Å². The molecule has 2 heterocycles. The maximum atomic E-state index is 12.4. The Morgan fingerprint density at radius 3 is 2.65 bits per heavy atom. The number of thiophene rings is 1. The molecular weight excluding hydrogens is 310 g/mol. The van der Waals surface area contributed by atoms with Crippen LogP contribution in [0.3, 0.4) is 0 Å². The van der Waals surface area contributed by atoms with Crippen LogP contribution in [0.15, 0.2) is 35.7 Å². The minimum absolute atomic E-state index is 0.0311. The third kappa shape index (κ3) is 3.56. The first-order valence-electron chi connectivity index (χ1n) is 7.45. The summed E-state index contributed by atoms with van der Waals surface area (Å²) in [6.07, 6.45) is 4.36. The van der Waals surface area contributed by atoms with Gasteiger partial charge in [0.1, 0.15) is 11.5 Å². The molecule has 0 bridgehead atoms. The first-order valence-corrected chi connectivity index (χ1v) is 8.33. The highest BCUT2D eigenvalue weighted by Gasteiger charge is 2.19. The maximum absolute atomic E-state index is 12.4. The second-order valence-electron chi connectivity index (χ2n) is 5.36. The number of benzene rings is 1. The van der Waals surface area contributed by atoms with E-state index in [0.717, 1.165) is 18.5 Å². The smallest absolute Gasteiger partial charge is 0.246 e. The molecule has 1 aromatic heterocycles. The van der Waals surface area contributed by atoms with Crippen LogP contribution < -0.4 is 9.47 Å². The Morgan fingerprint density at radius 2 is 1.96 bits per heavy atom. The van der Waals surface area contributed by atoms with Crippen molar-refractivity contribution in [2.75, 3.05) is 20.8 Å². The number of hydrogen-bond acceptors (Lipinski definition) is 4. The highest BCUT2D eigenvalue weighted by atomic mass is 32.1. The van der Waals surface area contributed by atoms with Crippen LogP contribution in [-0.2, 0) is 17.8 Å². The van der Waals surface area contributed by atoms with Crippen LogP contribution in [0.4, 0.5) is 0 Å². The van der Waals surface area contributed by atoms with Crippen LogP contribution in [0.5, 0.6) is 11.5 Å². The van der Waals surface area contributed by atoms with Crippen molar-refractivity contribution in [3.63, 3.8) is 0 Å². The van der Waals surface area contributed by atoms with Gasteiger partial charge in [0.2, 0.25) is 5.91 Å². The Hall–Kier alpha value is -2.27. The second-order valence-corrected chi connectivity index (χ2v) is 6.36. The maximum Gasteiger partial charge on any atom is 0.246 e. The summed E-state index contributed by atoms with van der Waals surface area (Å²) in [5, 5.41) is 2.09. The number of rotatable bonds is 4. The molecule has 0 atom stereocenters. The van der Waals surface area contributed by atoms with E-state index in [1.165, 1.54) is 10.4 Å². The van der Waals surface area contributed by atoms with Crippen molar-refractivity contribution in [2.24, 2.45) is 0 Å². The summed E-state index contributed by atoms with van der Waals surface area (Å²) in [7, 11) is 3.22. The first kappa shape index (κ1) is 15.6. The molecule has 120 valence electrons. The van der Waals surface area contributed by atoms with E-state index in [0.29, 0.717) is 18.0 Å². The minimum atomic E-state index is 0.0311. The molecule has 1 aliphatic rings. The van der Waals surface area contributed by atoms with Crippen molar-refractivity contribution in [2.45, 2.75) is 13.0 Å². The number of methoxy groups -OCH3 is 2. The number of hydrogen-bond donors (Lipinski definition) is 0. The number of ether oxygens (including phenoxy) is 2. The van der Waals surface area contributed by atoms with Gasteiger partial charge in [0, 0.05) is 30.1 Å². The summed E-state index contributed by atoms with van der Waals surface area (Å²) in [4.78, 5) is 15.7. The third-order valence-electron chi connectivity index (χ3n) is 3.91. The van der Waals surface area contributed by atoms with E-state index in [2.05, 4.69) is 11.4 Å². The molecule has 0 radical (unpaired) electrons. The minimum Gasteiger partial charge on any atom is -0.497 e. The molecule has 0 spiro atoms. The summed E-state index contributed by atoms with van der Waals surface area (Å²) in [5.74, 6) is 1.44. The van der Waals surface area contributed by atoms with Crippen LogP contribution in [0.25, 0.3) is 6.08 Å². The Balaban J connectivity index is 1.71. The van der Waals surface area contributed by atoms with Gasteiger partial charge in [0.15, 0.2) is 0 Å². The van der Waals surface area contributed by atoms with Crippen LogP contribution in [0, 0.1) is 0 Å². The molecule has 4 nitrogen and oxygen atoms in total. The first-order chi connectivity index (χ1) is 11.2. The van der Waals surface area contributed by atoms with Gasteiger partial charge in [-0.1, -0.05) is 0 Å². The van der Waals surface area contributed by atoms with Crippen molar-refractivity contribution in [3.05, 3.63) is 51.7 Å². The largest absolute Gasteiger partial charge is 0.497 e. The summed E-state index contributed by atoms with van der Waals surface area (Å²) < 4.78 is 10.5. The normalized spacial score (nSPS) is 13.9. The molecule has 0 unspecified atom stereocenters. The van der Waals surface area contributed by atoms with E-state index < -0.39 is 0 Å². The molecule has 23 heavy (non-hydrogen) atoms. The molecule has 0 saturated carbocycles. The molecule has 0 aliphatic carbocycles. The van der Waals surface area contributed by atoms with Gasteiger partial charge in [-0.25, -0.2) is 0 Å². The number of fused-ring (bicyclic) bond motifs is 1. The molecule has 1 aliphatic heterocycles. The van der Waals surface area contributed by atoms with Crippen molar-refractivity contribution in [1.29, 1.82) is 0 Å². The molecule has 1 amide bonds. The molecule has 1 aromatic carbocycles. The van der Waals surface area contributed by atoms with Crippen LogP contribution in [0.1, 0.15) is 16.0 Å². The number of amides is 1. The fraction of sp³-hybridized carbons (Fsp3) is 0.278. The van der Waals surface area contributed by atoms with Crippen molar-refractivity contribution >= 4 is 23.3 Å². The van der Waals surface area contributed by atoms with Gasteiger partial charge in [-0.15, -0.1) is 11.3 Å². The van der Waals surface area contributed by atoms with E-state index >= 15 is 0 Å². The highest BCUT2D eigenvalue weighted by Crippen LogP contribution is 2.25. The van der Waals surface area contributed by atoms with Crippen molar-refractivity contribution < 1.29 is 14.3 Å². The molecule has 0 N–H and O–H groups in total. The zero-order valence-corrected chi connectivity index (χ0v) is 14.1. The molecule has 2 aromatic rings. The SMILES string of the molecule is COc1cc(/C=C/C(=O)N2CCc3sccc3C2)cc(OC)c1. The standard InChI is InChI=1S/C18H19NO3S/c1-21-15-9-13(10-16(11-15)22-2)3-4-18(20)19-7-5-17-14(12-19)6-8-23-17/h3-4,6,8-11H,5,7,12H2,1-2H3/b4-3+. The average molecular weight is 329 g/mol. The quantitative estimate of drug-likeness (QED) is 0.807. The van der Waals surface area contributed by atoms with Gasteiger partial charge in [0.25, 0.3) is 0 Å². The van der Waals surface area contributed by atoms with Crippen LogP contribution in [-0.4, -0.2) is 31.6 Å². The van der Waals surface area contributed by atoms with Gasteiger partial charge in [-0.2, -0.15) is 0 Å². The van der Waals surface area contributed by atoms with Crippen LogP contribution in [0.2, 0.25) is 0 Å². The lowest BCUT2D eigenvalue weighted by Crippen LogP contribution is -2.34. The van der Waals surface area contributed by atoms with E-state index in [9.17, 15) is 4.79 Å². The average Bonchev–Trinajstić information content (AvgIpc) is 3.06. The molecular formula is C18H19NO3S. The lowest BCUT2D eigenvalue weighted by atomic mass is 10.1. The zero-order valence-electron chi connectivity index (χ0n) is 13.2. The van der Waals surface area contributed by atoms with Gasteiger partial charge in [0.05, 0.1) is 14.2 Å². The number of nitrogens with zero attached hydrogens (tertiary/aromatic N) is 1. The summed E-state index contributed by atoms with van der Waals surface area (Å²) in [5.41, 5.74) is 2.15. The fourth-order valence-electron chi connectivity index (χ4n) is 2.64. The van der Waals surface area contributed by atoms with E-state index in [-0.39, 0.29) is 5.91 Å². The van der Waals surface area contributed by atoms with Crippen molar-refractivity contribution in [1.82, 2.24) is 4.90 Å². The summed E-state index contributed by atoms with van der Waals surface area (Å²) in [6, 6.07) is 7.66. The third-order valence-corrected chi connectivity index (χ3v) is 4.93. The predicted molar refractivity (Wildman–Crippen MR) is 92.0 cm³/mol. The van der Waals surface area contributed by atoms with Gasteiger partial charge < -0.3 is 14.4 Å². The van der Waals surface area contributed by atoms with E-state index in [1.54, 1.807) is 37.7 Å². The van der Waals surface area contributed by atoms with E-state index in [1.807, 2.05) is 23.1 Å². The second kappa shape index (κ2) is 6.87. The van der Waals surface area contributed by atoms with E-state index in [4.69, 9.17) is 9.47 Å². The summed E-state index contributed by atoms with van der Waals surface area (Å²) in [6.45, 7) is 1.47. The highest BCUT2D eigenvalue weighted by molar-refractivity contribution is 7.10. The Kier molecular flexibility index (Phi) is 4.67. The van der Waals surface area contributed by atoms with Crippen molar-refractivity contribution in [3.8, 4) is 11.5 Å². The topological polar surface area (TPSA) is 38.8 Å².